The standard InChI is InChI=1S/C13H20ClN3O/c1-4-8-15-9-12(18)16-11-7-5-6-10(14)13(11)17(2)3/h5-7,15H,4,8-9H2,1-3H3,(H,16,18). The molecule has 5 heteroatoms. The number of hydrogen-bond acceptors (Lipinski definition) is 3. The Morgan fingerprint density at radius 2 is 2.11 bits per heavy atom. The van der Waals surface area contributed by atoms with Gasteiger partial charge in [0.05, 0.1) is 22.9 Å². The zero-order valence-corrected chi connectivity index (χ0v) is 11.8. The fraction of sp³-hybridized carbons (Fsp3) is 0.462. The Kier molecular flexibility index (Phi) is 5.95. The minimum Gasteiger partial charge on any atom is -0.375 e. The predicted molar refractivity (Wildman–Crippen MR) is 77.6 cm³/mol. The number of para-hydroxylation sites is 1. The summed E-state index contributed by atoms with van der Waals surface area (Å²) < 4.78 is 0. The Hall–Kier alpha value is -1.26. The van der Waals surface area contributed by atoms with Gasteiger partial charge < -0.3 is 15.5 Å². The maximum Gasteiger partial charge on any atom is 0.238 e. The van der Waals surface area contributed by atoms with Crippen molar-refractivity contribution in [3.63, 3.8) is 0 Å². The molecule has 100 valence electrons. The van der Waals surface area contributed by atoms with E-state index in [-0.39, 0.29) is 5.91 Å². The van der Waals surface area contributed by atoms with Crippen LogP contribution in [0, 0.1) is 0 Å². The Morgan fingerprint density at radius 1 is 1.39 bits per heavy atom. The van der Waals surface area contributed by atoms with Crippen LogP contribution in [-0.2, 0) is 4.79 Å². The molecular weight excluding hydrogens is 250 g/mol. The van der Waals surface area contributed by atoms with Gasteiger partial charge in [0.1, 0.15) is 0 Å². The van der Waals surface area contributed by atoms with Crippen LogP contribution in [0.25, 0.3) is 0 Å². The van der Waals surface area contributed by atoms with Gasteiger partial charge in [-0.05, 0) is 25.1 Å². The van der Waals surface area contributed by atoms with Crippen molar-refractivity contribution in [1.82, 2.24) is 5.32 Å². The molecule has 0 saturated carbocycles. The summed E-state index contributed by atoms with van der Waals surface area (Å²) in [5, 5.41) is 6.55. The van der Waals surface area contributed by atoms with Crippen molar-refractivity contribution in [3.05, 3.63) is 23.2 Å². The number of carbonyl (C=O) groups excluding carboxylic acids is 1. The van der Waals surface area contributed by atoms with Crippen LogP contribution in [-0.4, -0.2) is 33.1 Å². The number of hydrogen-bond donors (Lipinski definition) is 2. The summed E-state index contributed by atoms with van der Waals surface area (Å²) in [6.45, 7) is 3.21. The van der Waals surface area contributed by atoms with Crippen molar-refractivity contribution in [1.29, 1.82) is 0 Å². The monoisotopic (exact) mass is 269 g/mol. The number of anilines is 2. The number of carbonyl (C=O) groups is 1. The minimum atomic E-state index is -0.0613. The lowest BCUT2D eigenvalue weighted by molar-refractivity contribution is -0.115. The highest BCUT2D eigenvalue weighted by Crippen LogP contribution is 2.32. The van der Waals surface area contributed by atoms with E-state index in [1.807, 2.05) is 37.2 Å². The Labute approximate surface area is 113 Å². The molecule has 1 amide bonds. The second-order valence-electron chi connectivity index (χ2n) is 4.26. The van der Waals surface area contributed by atoms with Crippen molar-refractivity contribution in [3.8, 4) is 0 Å². The molecule has 0 atom stereocenters. The summed E-state index contributed by atoms with van der Waals surface area (Å²) in [4.78, 5) is 13.6. The van der Waals surface area contributed by atoms with Gasteiger partial charge in [-0.2, -0.15) is 0 Å². The first-order valence-electron chi connectivity index (χ1n) is 6.02. The molecule has 0 spiro atoms. The maximum absolute atomic E-state index is 11.7. The van der Waals surface area contributed by atoms with Crippen molar-refractivity contribution in [2.75, 3.05) is 37.4 Å². The first kappa shape index (κ1) is 14.8. The van der Waals surface area contributed by atoms with Gasteiger partial charge in [0.25, 0.3) is 0 Å². The molecule has 1 rings (SSSR count). The molecule has 0 heterocycles. The molecule has 2 N–H and O–H groups in total. The smallest absolute Gasteiger partial charge is 0.238 e. The van der Waals surface area contributed by atoms with Gasteiger partial charge in [0.2, 0.25) is 5.91 Å². The molecule has 0 aromatic heterocycles. The van der Waals surface area contributed by atoms with Crippen molar-refractivity contribution in [2.45, 2.75) is 13.3 Å². The predicted octanol–water partition coefficient (Wildman–Crippen LogP) is 2.34. The highest BCUT2D eigenvalue weighted by atomic mass is 35.5. The van der Waals surface area contributed by atoms with Gasteiger partial charge in [0.15, 0.2) is 0 Å². The molecule has 0 radical (unpaired) electrons. The highest BCUT2D eigenvalue weighted by molar-refractivity contribution is 6.34. The molecule has 1 aromatic carbocycles. The summed E-state index contributed by atoms with van der Waals surface area (Å²) in [6.07, 6.45) is 1.01. The fourth-order valence-electron chi connectivity index (χ4n) is 1.64. The van der Waals surface area contributed by atoms with Crippen LogP contribution in [0.15, 0.2) is 18.2 Å². The Bertz CT molecular complexity index is 407. The molecule has 4 nitrogen and oxygen atoms in total. The molecular formula is C13H20ClN3O. The summed E-state index contributed by atoms with van der Waals surface area (Å²) in [5.74, 6) is -0.0613. The average molecular weight is 270 g/mol. The number of benzene rings is 1. The van der Waals surface area contributed by atoms with E-state index in [1.165, 1.54) is 0 Å². The third kappa shape index (κ3) is 4.20. The van der Waals surface area contributed by atoms with Crippen LogP contribution in [0.5, 0.6) is 0 Å². The van der Waals surface area contributed by atoms with Crippen LogP contribution in [0.1, 0.15) is 13.3 Å². The van der Waals surface area contributed by atoms with Crippen LogP contribution in [0.4, 0.5) is 11.4 Å². The largest absolute Gasteiger partial charge is 0.375 e. The molecule has 0 aliphatic heterocycles. The number of nitrogens with one attached hydrogen (secondary N) is 2. The Balaban J connectivity index is 2.72. The van der Waals surface area contributed by atoms with E-state index >= 15 is 0 Å². The van der Waals surface area contributed by atoms with Gasteiger partial charge in [0, 0.05) is 14.1 Å². The summed E-state index contributed by atoms with van der Waals surface area (Å²) in [7, 11) is 3.79. The summed E-state index contributed by atoms with van der Waals surface area (Å²) >= 11 is 6.13. The van der Waals surface area contributed by atoms with E-state index in [9.17, 15) is 4.79 Å². The molecule has 1 aromatic rings. The number of amides is 1. The zero-order valence-electron chi connectivity index (χ0n) is 11.1. The van der Waals surface area contributed by atoms with Crippen LogP contribution in [0.2, 0.25) is 5.02 Å². The third-order valence-corrected chi connectivity index (χ3v) is 2.73. The maximum atomic E-state index is 11.7. The van der Waals surface area contributed by atoms with E-state index in [2.05, 4.69) is 17.6 Å². The van der Waals surface area contributed by atoms with E-state index in [1.54, 1.807) is 0 Å². The molecule has 0 aliphatic carbocycles. The first-order chi connectivity index (χ1) is 8.56. The molecule has 0 saturated heterocycles. The summed E-state index contributed by atoms with van der Waals surface area (Å²) in [5.41, 5.74) is 1.55. The lowest BCUT2D eigenvalue weighted by Crippen LogP contribution is -2.29. The van der Waals surface area contributed by atoms with Crippen molar-refractivity contribution < 1.29 is 4.79 Å². The Morgan fingerprint density at radius 3 is 2.72 bits per heavy atom. The number of rotatable bonds is 6. The van der Waals surface area contributed by atoms with E-state index < -0.39 is 0 Å². The van der Waals surface area contributed by atoms with Gasteiger partial charge in [-0.3, -0.25) is 4.79 Å². The molecule has 0 unspecified atom stereocenters. The van der Waals surface area contributed by atoms with Gasteiger partial charge in [-0.25, -0.2) is 0 Å². The molecule has 0 bridgehead atoms. The molecule has 0 aliphatic rings. The quantitative estimate of drug-likeness (QED) is 0.779. The zero-order chi connectivity index (χ0) is 13.5. The number of halogens is 1. The van der Waals surface area contributed by atoms with Gasteiger partial charge in [-0.1, -0.05) is 24.6 Å². The van der Waals surface area contributed by atoms with Gasteiger partial charge in [-0.15, -0.1) is 0 Å². The van der Waals surface area contributed by atoms with E-state index in [0.717, 1.165) is 24.3 Å². The van der Waals surface area contributed by atoms with E-state index in [0.29, 0.717) is 11.6 Å². The fourth-order valence-corrected chi connectivity index (χ4v) is 1.99. The second kappa shape index (κ2) is 7.24. The highest BCUT2D eigenvalue weighted by Gasteiger charge is 2.11. The second-order valence-corrected chi connectivity index (χ2v) is 4.66. The van der Waals surface area contributed by atoms with Crippen LogP contribution < -0.4 is 15.5 Å². The molecule has 18 heavy (non-hydrogen) atoms. The number of nitrogens with zero attached hydrogens (tertiary/aromatic N) is 1. The van der Waals surface area contributed by atoms with Crippen molar-refractivity contribution in [2.24, 2.45) is 0 Å². The minimum absolute atomic E-state index is 0.0613. The average Bonchev–Trinajstić information content (AvgIpc) is 2.28. The van der Waals surface area contributed by atoms with Crippen molar-refractivity contribution >= 4 is 28.9 Å². The van der Waals surface area contributed by atoms with E-state index in [4.69, 9.17) is 11.6 Å². The lowest BCUT2D eigenvalue weighted by Gasteiger charge is -2.19. The van der Waals surface area contributed by atoms with Crippen LogP contribution >= 0.6 is 11.6 Å². The van der Waals surface area contributed by atoms with Crippen LogP contribution in [0.3, 0.4) is 0 Å². The summed E-state index contributed by atoms with van der Waals surface area (Å²) in [6, 6.07) is 5.48. The third-order valence-electron chi connectivity index (χ3n) is 2.42. The normalized spacial score (nSPS) is 10.2. The van der Waals surface area contributed by atoms with Gasteiger partial charge >= 0.3 is 0 Å². The lowest BCUT2D eigenvalue weighted by atomic mass is 10.2. The topological polar surface area (TPSA) is 44.4 Å². The SMILES string of the molecule is CCCNCC(=O)Nc1cccc(Cl)c1N(C)C. The molecule has 0 fully saturated rings. The first-order valence-corrected chi connectivity index (χ1v) is 6.40.